The van der Waals surface area contributed by atoms with E-state index >= 15 is 0 Å². The van der Waals surface area contributed by atoms with E-state index in [0.29, 0.717) is 30.4 Å². The number of nitrogens with one attached hydrogen (secondary N) is 1. The Morgan fingerprint density at radius 1 is 1.00 bits per heavy atom. The zero-order valence-electron chi connectivity index (χ0n) is 16.5. The molecule has 0 saturated carbocycles. The molecule has 6 nitrogen and oxygen atoms in total. The van der Waals surface area contributed by atoms with Crippen LogP contribution >= 0.6 is 0 Å². The molecule has 0 saturated heterocycles. The highest BCUT2D eigenvalue weighted by Crippen LogP contribution is 2.34. The Morgan fingerprint density at radius 3 is 2.53 bits per heavy atom. The number of aromatic nitrogens is 1. The van der Waals surface area contributed by atoms with Crippen molar-refractivity contribution in [1.29, 1.82) is 0 Å². The number of hydrogen-bond donors (Lipinski definition) is 1. The van der Waals surface area contributed by atoms with Crippen molar-refractivity contribution < 1.29 is 16.8 Å². The number of nitrogens with zero attached hydrogens (tertiary/aromatic N) is 1. The molecule has 1 aliphatic rings. The minimum Gasteiger partial charge on any atom is -0.264 e. The lowest BCUT2D eigenvalue weighted by Gasteiger charge is -2.14. The Balaban J connectivity index is 1.69. The van der Waals surface area contributed by atoms with Gasteiger partial charge >= 0.3 is 0 Å². The molecule has 0 spiro atoms. The largest absolute Gasteiger partial charge is 0.264 e. The molecule has 30 heavy (non-hydrogen) atoms. The van der Waals surface area contributed by atoms with E-state index in [0.717, 1.165) is 11.1 Å². The number of benzene rings is 2. The zero-order valence-corrected chi connectivity index (χ0v) is 18.1. The summed E-state index contributed by atoms with van der Waals surface area (Å²) in [6, 6.07) is 13.6. The number of sulfone groups is 1. The first kappa shape index (κ1) is 20.7. The summed E-state index contributed by atoms with van der Waals surface area (Å²) in [4.78, 5) is 4.34. The van der Waals surface area contributed by atoms with E-state index in [-0.39, 0.29) is 21.2 Å². The molecule has 0 aliphatic carbocycles. The fraction of sp³-hybridized carbons (Fsp3) is 0.227. The van der Waals surface area contributed by atoms with Crippen molar-refractivity contribution in [1.82, 2.24) is 9.71 Å². The molecule has 0 radical (unpaired) electrons. The fourth-order valence-corrected chi connectivity index (χ4v) is 6.92. The second-order valence-corrected chi connectivity index (χ2v) is 11.0. The monoisotopic (exact) mass is 442 g/mol. The number of sulfonamides is 1. The number of fused-ring (bicyclic) bond motifs is 2. The van der Waals surface area contributed by atoms with E-state index in [4.69, 9.17) is 0 Å². The van der Waals surface area contributed by atoms with Crippen LogP contribution in [0.15, 0.2) is 75.6 Å². The van der Waals surface area contributed by atoms with Gasteiger partial charge in [-0.1, -0.05) is 30.3 Å². The van der Waals surface area contributed by atoms with Crippen molar-refractivity contribution in [2.24, 2.45) is 0 Å². The predicted molar refractivity (Wildman–Crippen MR) is 114 cm³/mol. The summed E-state index contributed by atoms with van der Waals surface area (Å²) in [6.45, 7) is 1.89. The van der Waals surface area contributed by atoms with Crippen LogP contribution in [0, 0.1) is 6.92 Å². The van der Waals surface area contributed by atoms with Gasteiger partial charge < -0.3 is 0 Å². The topological polar surface area (TPSA) is 93.2 Å². The van der Waals surface area contributed by atoms with Crippen LogP contribution in [0.4, 0.5) is 0 Å². The summed E-state index contributed by atoms with van der Waals surface area (Å²) in [7, 11) is -7.67. The van der Waals surface area contributed by atoms with E-state index in [1.54, 1.807) is 43.6 Å². The second-order valence-electron chi connectivity index (χ2n) is 7.35. The van der Waals surface area contributed by atoms with Crippen molar-refractivity contribution in [3.63, 3.8) is 0 Å². The van der Waals surface area contributed by atoms with Gasteiger partial charge in [-0.3, -0.25) is 4.98 Å². The molecular formula is C22H22N2O4S2. The first-order valence-electron chi connectivity index (χ1n) is 9.64. The maximum Gasteiger partial charge on any atom is 0.240 e. The third-order valence-electron chi connectivity index (χ3n) is 5.29. The Hall–Kier alpha value is -2.55. The minimum atomic E-state index is -3.87. The minimum absolute atomic E-state index is 0.00427. The van der Waals surface area contributed by atoms with E-state index < -0.39 is 19.9 Å². The zero-order chi connectivity index (χ0) is 21.4. The Morgan fingerprint density at radius 2 is 1.77 bits per heavy atom. The average Bonchev–Trinajstić information content (AvgIpc) is 2.82. The van der Waals surface area contributed by atoms with Gasteiger partial charge in [0.25, 0.3) is 0 Å². The van der Waals surface area contributed by atoms with Crippen LogP contribution in [0.1, 0.15) is 22.3 Å². The molecule has 2 aromatic carbocycles. The first-order valence-corrected chi connectivity index (χ1v) is 12.6. The third-order valence-corrected chi connectivity index (χ3v) is 8.83. The van der Waals surface area contributed by atoms with Crippen molar-refractivity contribution in [2.75, 3.05) is 6.54 Å². The Labute approximate surface area is 177 Å². The van der Waals surface area contributed by atoms with Gasteiger partial charge in [-0.2, -0.15) is 0 Å². The van der Waals surface area contributed by atoms with Gasteiger partial charge in [0, 0.05) is 18.9 Å². The molecule has 4 rings (SSSR count). The van der Waals surface area contributed by atoms with Gasteiger partial charge in [0.15, 0.2) is 0 Å². The third kappa shape index (κ3) is 3.90. The molecule has 156 valence electrons. The predicted octanol–water partition coefficient (Wildman–Crippen LogP) is 2.84. The van der Waals surface area contributed by atoms with Crippen molar-refractivity contribution in [3.8, 4) is 0 Å². The van der Waals surface area contributed by atoms with Gasteiger partial charge in [0.2, 0.25) is 19.9 Å². The molecule has 1 N–H and O–H groups in total. The van der Waals surface area contributed by atoms with Crippen molar-refractivity contribution >= 4 is 19.9 Å². The molecule has 0 fully saturated rings. The standard InChI is InChI=1S/C22H22N2O4S2/c1-16-13-19-9-8-18-6-2-3-7-20(18)29(25,26)22(19)14-21(16)30(27,28)24-12-10-17-5-4-11-23-15-17/h2-7,11,13-15,24H,8-10,12H2,1H3. The van der Waals surface area contributed by atoms with Gasteiger partial charge in [-0.25, -0.2) is 21.6 Å². The second kappa shape index (κ2) is 7.94. The van der Waals surface area contributed by atoms with E-state index in [9.17, 15) is 16.8 Å². The average molecular weight is 443 g/mol. The fourth-order valence-electron chi connectivity index (χ4n) is 3.78. The number of hydrogen-bond acceptors (Lipinski definition) is 5. The van der Waals surface area contributed by atoms with Gasteiger partial charge in [0.05, 0.1) is 14.7 Å². The quantitative estimate of drug-likeness (QED) is 0.656. The summed E-state index contributed by atoms with van der Waals surface area (Å²) < 4.78 is 55.0. The molecule has 1 aromatic heterocycles. The lowest BCUT2D eigenvalue weighted by Crippen LogP contribution is -2.27. The van der Waals surface area contributed by atoms with Crippen LogP contribution in [0.25, 0.3) is 0 Å². The maximum atomic E-state index is 13.3. The molecule has 0 unspecified atom stereocenters. The van der Waals surface area contributed by atoms with Crippen LogP contribution in [0.3, 0.4) is 0 Å². The Bertz CT molecular complexity index is 1300. The van der Waals surface area contributed by atoms with Crippen molar-refractivity contribution in [3.05, 3.63) is 83.2 Å². The summed E-state index contributed by atoms with van der Waals surface area (Å²) in [5.74, 6) is 0. The molecule has 1 aliphatic heterocycles. The number of pyridine rings is 1. The highest BCUT2D eigenvalue weighted by molar-refractivity contribution is 7.92. The Kier molecular flexibility index (Phi) is 5.48. The van der Waals surface area contributed by atoms with Gasteiger partial charge in [-0.05, 0) is 66.6 Å². The van der Waals surface area contributed by atoms with Crippen molar-refractivity contribution in [2.45, 2.75) is 40.9 Å². The molecule has 0 atom stereocenters. The summed E-state index contributed by atoms with van der Waals surface area (Å²) >= 11 is 0. The molecule has 8 heteroatoms. The summed E-state index contributed by atoms with van der Waals surface area (Å²) in [6.07, 6.45) is 4.97. The van der Waals surface area contributed by atoms with Crippen LogP contribution in [-0.4, -0.2) is 28.4 Å². The highest BCUT2D eigenvalue weighted by atomic mass is 32.2. The van der Waals surface area contributed by atoms with Gasteiger partial charge in [0.1, 0.15) is 0 Å². The molecule has 2 heterocycles. The highest BCUT2D eigenvalue weighted by Gasteiger charge is 2.30. The van der Waals surface area contributed by atoms with Gasteiger partial charge in [-0.15, -0.1) is 0 Å². The van der Waals surface area contributed by atoms with Crippen LogP contribution in [0.2, 0.25) is 0 Å². The smallest absolute Gasteiger partial charge is 0.240 e. The van der Waals surface area contributed by atoms with E-state index in [1.165, 1.54) is 6.07 Å². The normalized spacial score (nSPS) is 15.1. The molecule has 0 bridgehead atoms. The van der Waals surface area contributed by atoms with E-state index in [1.807, 2.05) is 18.2 Å². The lowest BCUT2D eigenvalue weighted by molar-refractivity contribution is 0.580. The summed E-state index contributed by atoms with van der Waals surface area (Å²) in [5, 5.41) is 0. The van der Waals surface area contributed by atoms with Crippen LogP contribution in [0.5, 0.6) is 0 Å². The molecule has 3 aromatic rings. The number of rotatable bonds is 5. The number of aryl methyl sites for hydroxylation is 3. The molecule has 0 amide bonds. The van der Waals surface area contributed by atoms with Crippen LogP contribution in [-0.2, 0) is 39.1 Å². The maximum absolute atomic E-state index is 13.3. The van der Waals surface area contributed by atoms with Crippen LogP contribution < -0.4 is 4.72 Å². The summed E-state index contributed by atoms with van der Waals surface area (Å²) in [5.41, 5.74) is 2.85. The lowest BCUT2D eigenvalue weighted by atomic mass is 10.0. The molecular weight excluding hydrogens is 420 g/mol. The SMILES string of the molecule is Cc1cc2c(cc1S(=O)(=O)NCCc1cccnc1)S(=O)(=O)c1ccccc1CC2. The van der Waals surface area contributed by atoms with E-state index in [2.05, 4.69) is 9.71 Å². The first-order chi connectivity index (χ1) is 14.3.